The predicted molar refractivity (Wildman–Crippen MR) is 78.6 cm³/mol. The van der Waals surface area contributed by atoms with Gasteiger partial charge in [-0.15, -0.1) is 0 Å². The van der Waals surface area contributed by atoms with E-state index in [9.17, 15) is 4.79 Å². The second-order valence-corrected chi connectivity index (χ2v) is 5.58. The SMILES string of the molecule is CCc1ncc(C(=O)N2CCC[C@@H](N(C)C)CC2)cn1. The summed E-state index contributed by atoms with van der Waals surface area (Å²) in [5.74, 6) is 0.845. The van der Waals surface area contributed by atoms with E-state index < -0.39 is 0 Å². The lowest BCUT2D eigenvalue weighted by Gasteiger charge is -2.23. The molecule has 0 spiro atoms. The molecule has 1 atom stereocenters. The first-order chi connectivity index (χ1) is 9.61. The molecule has 0 N–H and O–H groups in total. The molecule has 0 aliphatic carbocycles. The monoisotopic (exact) mass is 276 g/mol. The average Bonchev–Trinajstić information content (AvgIpc) is 2.72. The molecule has 1 aliphatic rings. The van der Waals surface area contributed by atoms with E-state index in [0.29, 0.717) is 11.6 Å². The van der Waals surface area contributed by atoms with Gasteiger partial charge < -0.3 is 9.80 Å². The van der Waals surface area contributed by atoms with E-state index in [0.717, 1.165) is 44.6 Å². The normalized spacial score (nSPS) is 20.0. The van der Waals surface area contributed by atoms with Crippen molar-refractivity contribution in [2.24, 2.45) is 0 Å². The number of aromatic nitrogens is 2. The summed E-state index contributed by atoms with van der Waals surface area (Å²) in [4.78, 5) is 25.1. The van der Waals surface area contributed by atoms with Crippen LogP contribution in [-0.4, -0.2) is 58.9 Å². The Kier molecular flexibility index (Phi) is 5.06. The van der Waals surface area contributed by atoms with Crippen molar-refractivity contribution in [3.05, 3.63) is 23.8 Å². The van der Waals surface area contributed by atoms with Crippen LogP contribution in [-0.2, 0) is 6.42 Å². The standard InChI is InChI=1S/C15H24N4O/c1-4-14-16-10-12(11-17-14)15(20)19-8-5-6-13(7-9-19)18(2)3/h10-11,13H,4-9H2,1-3H3/t13-/m1/s1. The second-order valence-electron chi connectivity index (χ2n) is 5.58. The molecule has 0 radical (unpaired) electrons. The molecule has 1 amide bonds. The van der Waals surface area contributed by atoms with Gasteiger partial charge in [0.05, 0.1) is 5.56 Å². The van der Waals surface area contributed by atoms with Crippen LogP contribution in [0, 0.1) is 0 Å². The maximum atomic E-state index is 12.5. The first-order valence-electron chi connectivity index (χ1n) is 7.38. The van der Waals surface area contributed by atoms with Gasteiger partial charge in [-0.3, -0.25) is 4.79 Å². The van der Waals surface area contributed by atoms with Gasteiger partial charge in [0.2, 0.25) is 0 Å². The van der Waals surface area contributed by atoms with Crippen LogP contribution in [0.1, 0.15) is 42.4 Å². The molecule has 0 unspecified atom stereocenters. The van der Waals surface area contributed by atoms with Gasteiger partial charge in [0.25, 0.3) is 5.91 Å². The average molecular weight is 276 g/mol. The Bertz CT molecular complexity index is 444. The van der Waals surface area contributed by atoms with Crippen LogP contribution in [0.5, 0.6) is 0 Å². The number of rotatable bonds is 3. The number of aryl methyl sites for hydroxylation is 1. The van der Waals surface area contributed by atoms with E-state index in [1.54, 1.807) is 12.4 Å². The van der Waals surface area contributed by atoms with Crippen LogP contribution in [0.4, 0.5) is 0 Å². The first kappa shape index (κ1) is 14.9. The summed E-state index contributed by atoms with van der Waals surface area (Å²) in [5.41, 5.74) is 0.602. The lowest BCUT2D eigenvalue weighted by molar-refractivity contribution is 0.0757. The molecule has 0 saturated carbocycles. The number of hydrogen-bond acceptors (Lipinski definition) is 4. The number of hydrogen-bond donors (Lipinski definition) is 0. The largest absolute Gasteiger partial charge is 0.338 e. The zero-order valence-electron chi connectivity index (χ0n) is 12.7. The molecule has 0 bridgehead atoms. The minimum absolute atomic E-state index is 0.0621. The van der Waals surface area contributed by atoms with Crippen LogP contribution in [0.3, 0.4) is 0 Å². The Morgan fingerprint density at radius 3 is 2.60 bits per heavy atom. The van der Waals surface area contributed by atoms with E-state index in [1.165, 1.54) is 0 Å². The zero-order valence-corrected chi connectivity index (χ0v) is 12.7. The van der Waals surface area contributed by atoms with Gasteiger partial charge in [0.1, 0.15) is 5.82 Å². The van der Waals surface area contributed by atoms with Gasteiger partial charge in [-0.1, -0.05) is 6.92 Å². The molecular weight excluding hydrogens is 252 g/mol. The Hall–Kier alpha value is -1.49. The highest BCUT2D eigenvalue weighted by atomic mass is 16.2. The van der Waals surface area contributed by atoms with Crippen LogP contribution in [0.15, 0.2) is 12.4 Å². The van der Waals surface area contributed by atoms with E-state index in [-0.39, 0.29) is 5.91 Å². The van der Waals surface area contributed by atoms with Gasteiger partial charge >= 0.3 is 0 Å². The number of amides is 1. The molecule has 20 heavy (non-hydrogen) atoms. The van der Waals surface area contributed by atoms with Crippen molar-refractivity contribution in [3.63, 3.8) is 0 Å². The smallest absolute Gasteiger partial charge is 0.256 e. The van der Waals surface area contributed by atoms with Crippen LogP contribution in [0.2, 0.25) is 0 Å². The molecule has 2 rings (SSSR count). The third-order valence-electron chi connectivity index (χ3n) is 3.98. The number of likely N-dealkylation sites (tertiary alicyclic amines) is 1. The van der Waals surface area contributed by atoms with E-state index in [1.807, 2.05) is 11.8 Å². The highest BCUT2D eigenvalue weighted by molar-refractivity contribution is 5.93. The van der Waals surface area contributed by atoms with Gasteiger partial charge in [-0.05, 0) is 33.4 Å². The van der Waals surface area contributed by atoms with Crippen LogP contribution in [0.25, 0.3) is 0 Å². The number of carbonyl (C=O) groups is 1. The second kappa shape index (κ2) is 6.79. The molecule has 1 aliphatic heterocycles. The highest BCUT2D eigenvalue weighted by Gasteiger charge is 2.22. The van der Waals surface area contributed by atoms with Crippen molar-refractivity contribution in [1.29, 1.82) is 0 Å². The van der Waals surface area contributed by atoms with Crippen molar-refractivity contribution < 1.29 is 4.79 Å². The summed E-state index contributed by atoms with van der Waals surface area (Å²) in [7, 11) is 4.22. The molecule has 2 heterocycles. The lowest BCUT2D eigenvalue weighted by atomic mass is 10.1. The van der Waals surface area contributed by atoms with Crippen LogP contribution < -0.4 is 0 Å². The van der Waals surface area contributed by atoms with Gasteiger partial charge in [0.15, 0.2) is 0 Å². The Morgan fingerprint density at radius 2 is 2.00 bits per heavy atom. The van der Waals surface area contributed by atoms with Crippen molar-refractivity contribution in [3.8, 4) is 0 Å². The molecule has 1 aromatic heterocycles. The van der Waals surface area contributed by atoms with E-state index in [2.05, 4.69) is 29.0 Å². The topological polar surface area (TPSA) is 49.3 Å². The quantitative estimate of drug-likeness (QED) is 0.841. The van der Waals surface area contributed by atoms with Crippen molar-refractivity contribution in [2.45, 2.75) is 38.6 Å². The maximum Gasteiger partial charge on any atom is 0.256 e. The Morgan fingerprint density at radius 1 is 1.30 bits per heavy atom. The van der Waals surface area contributed by atoms with Crippen molar-refractivity contribution in [2.75, 3.05) is 27.2 Å². The fourth-order valence-corrected chi connectivity index (χ4v) is 2.63. The third-order valence-corrected chi connectivity index (χ3v) is 3.98. The summed E-state index contributed by atoms with van der Waals surface area (Å²) in [6, 6.07) is 0.575. The predicted octanol–water partition coefficient (Wildman–Crippen LogP) is 1.60. The highest BCUT2D eigenvalue weighted by Crippen LogP contribution is 2.16. The number of nitrogens with zero attached hydrogens (tertiary/aromatic N) is 4. The molecule has 1 aromatic rings. The van der Waals surface area contributed by atoms with E-state index >= 15 is 0 Å². The maximum absolute atomic E-state index is 12.5. The van der Waals surface area contributed by atoms with Gasteiger partial charge in [0, 0.05) is 37.9 Å². The van der Waals surface area contributed by atoms with Crippen molar-refractivity contribution in [1.82, 2.24) is 19.8 Å². The molecular formula is C15H24N4O. The summed E-state index contributed by atoms with van der Waals surface area (Å²) >= 11 is 0. The minimum atomic E-state index is 0.0621. The molecule has 5 heteroatoms. The van der Waals surface area contributed by atoms with Gasteiger partial charge in [-0.2, -0.15) is 0 Å². The molecule has 1 fully saturated rings. The molecule has 110 valence electrons. The molecule has 5 nitrogen and oxygen atoms in total. The van der Waals surface area contributed by atoms with E-state index in [4.69, 9.17) is 0 Å². The van der Waals surface area contributed by atoms with Crippen LogP contribution >= 0.6 is 0 Å². The fourth-order valence-electron chi connectivity index (χ4n) is 2.63. The molecule has 0 aromatic carbocycles. The van der Waals surface area contributed by atoms with Crippen molar-refractivity contribution >= 4 is 5.91 Å². The van der Waals surface area contributed by atoms with Gasteiger partial charge in [-0.25, -0.2) is 9.97 Å². The lowest BCUT2D eigenvalue weighted by Crippen LogP contribution is -2.34. The summed E-state index contributed by atoms with van der Waals surface area (Å²) < 4.78 is 0. The fraction of sp³-hybridized carbons (Fsp3) is 0.667. The minimum Gasteiger partial charge on any atom is -0.338 e. The summed E-state index contributed by atoms with van der Waals surface area (Å²) in [6.07, 6.45) is 7.35. The first-order valence-corrected chi connectivity index (χ1v) is 7.38. The Balaban J connectivity index is 2.01. The third kappa shape index (κ3) is 3.54. The number of carbonyl (C=O) groups excluding carboxylic acids is 1. The zero-order chi connectivity index (χ0) is 14.5. The molecule has 1 saturated heterocycles. The Labute approximate surface area is 121 Å². The summed E-state index contributed by atoms with van der Waals surface area (Å²) in [6.45, 7) is 3.66. The summed E-state index contributed by atoms with van der Waals surface area (Å²) in [5, 5.41) is 0.